The molecule has 1 aliphatic rings. The smallest absolute Gasteiger partial charge is 0.128 e. The average molecular weight is 275 g/mol. The highest BCUT2D eigenvalue weighted by Gasteiger charge is 2.23. The molecule has 0 aliphatic carbocycles. The number of rotatable bonds is 4. The van der Waals surface area contributed by atoms with Gasteiger partial charge in [-0.3, -0.25) is 0 Å². The van der Waals surface area contributed by atoms with Crippen LogP contribution in [0.5, 0.6) is 0 Å². The minimum absolute atomic E-state index is 0.394. The van der Waals surface area contributed by atoms with Crippen molar-refractivity contribution >= 4 is 5.82 Å². The molecule has 1 N–H and O–H groups in total. The zero-order valence-electron chi connectivity index (χ0n) is 13.4. The van der Waals surface area contributed by atoms with Crippen LogP contribution in [0.2, 0.25) is 0 Å². The lowest BCUT2D eigenvalue weighted by Gasteiger charge is -2.25. The van der Waals surface area contributed by atoms with Crippen LogP contribution in [0.15, 0.2) is 18.3 Å². The van der Waals surface area contributed by atoms with Crippen molar-refractivity contribution in [2.75, 3.05) is 24.5 Å². The third-order valence-corrected chi connectivity index (χ3v) is 4.44. The van der Waals surface area contributed by atoms with Crippen molar-refractivity contribution in [3.05, 3.63) is 23.9 Å². The molecule has 1 atom stereocenters. The minimum atomic E-state index is 0.394. The molecule has 112 valence electrons. The predicted molar refractivity (Wildman–Crippen MR) is 86.2 cm³/mol. The second-order valence-corrected chi connectivity index (χ2v) is 6.73. The van der Waals surface area contributed by atoms with E-state index in [-0.39, 0.29) is 0 Å². The molecule has 1 aromatic heterocycles. The molecule has 2 rings (SSSR count). The highest BCUT2D eigenvalue weighted by molar-refractivity contribution is 5.42. The van der Waals surface area contributed by atoms with E-state index in [9.17, 15) is 0 Å². The van der Waals surface area contributed by atoms with Gasteiger partial charge in [-0.15, -0.1) is 0 Å². The summed E-state index contributed by atoms with van der Waals surface area (Å²) >= 11 is 0. The number of aromatic nitrogens is 1. The summed E-state index contributed by atoms with van der Waals surface area (Å²) in [5.74, 6) is 1.14. The van der Waals surface area contributed by atoms with E-state index in [0.717, 1.165) is 25.5 Å². The highest BCUT2D eigenvalue weighted by atomic mass is 15.2. The van der Waals surface area contributed by atoms with Crippen LogP contribution >= 0.6 is 0 Å². The van der Waals surface area contributed by atoms with Gasteiger partial charge >= 0.3 is 0 Å². The fourth-order valence-electron chi connectivity index (χ4n) is 2.95. The van der Waals surface area contributed by atoms with E-state index in [2.05, 4.69) is 55.0 Å². The molecule has 2 heterocycles. The molecule has 1 aromatic rings. The number of hydrogen-bond acceptors (Lipinski definition) is 3. The van der Waals surface area contributed by atoms with Crippen LogP contribution in [-0.2, 0) is 0 Å². The Morgan fingerprint density at radius 2 is 2.15 bits per heavy atom. The van der Waals surface area contributed by atoms with Crippen molar-refractivity contribution in [3.63, 3.8) is 0 Å². The van der Waals surface area contributed by atoms with Crippen molar-refractivity contribution in [1.29, 1.82) is 0 Å². The van der Waals surface area contributed by atoms with E-state index in [1.165, 1.54) is 24.8 Å². The van der Waals surface area contributed by atoms with Gasteiger partial charge in [-0.1, -0.05) is 20.8 Å². The molecule has 0 radical (unpaired) electrons. The van der Waals surface area contributed by atoms with Crippen LogP contribution in [0.1, 0.15) is 58.6 Å². The first kappa shape index (κ1) is 15.3. The van der Waals surface area contributed by atoms with E-state index >= 15 is 0 Å². The lowest BCUT2D eigenvalue weighted by Crippen LogP contribution is -2.26. The average Bonchev–Trinajstić information content (AvgIpc) is 2.60. The molecule has 20 heavy (non-hydrogen) atoms. The van der Waals surface area contributed by atoms with Gasteiger partial charge in [0.05, 0.1) is 0 Å². The molecule has 0 saturated carbocycles. The first-order valence-corrected chi connectivity index (χ1v) is 7.96. The normalized spacial score (nSPS) is 20.5. The van der Waals surface area contributed by atoms with Crippen LogP contribution in [0, 0.1) is 5.41 Å². The molecule has 1 saturated heterocycles. The SMILES string of the molecule is CCNC(C)c1ccnc(N2CCCC(C)(C)CC2)c1. The van der Waals surface area contributed by atoms with Crippen molar-refractivity contribution in [2.24, 2.45) is 5.41 Å². The van der Waals surface area contributed by atoms with Gasteiger partial charge in [-0.25, -0.2) is 4.98 Å². The Kier molecular flexibility index (Phi) is 5.03. The summed E-state index contributed by atoms with van der Waals surface area (Å²) in [5, 5.41) is 3.47. The third kappa shape index (κ3) is 3.95. The summed E-state index contributed by atoms with van der Waals surface area (Å²) in [6.45, 7) is 12.4. The lowest BCUT2D eigenvalue weighted by molar-refractivity contribution is 0.325. The van der Waals surface area contributed by atoms with Crippen LogP contribution in [0.25, 0.3) is 0 Å². The first-order valence-electron chi connectivity index (χ1n) is 7.96. The molecule has 1 aliphatic heterocycles. The Morgan fingerprint density at radius 3 is 2.90 bits per heavy atom. The van der Waals surface area contributed by atoms with Gasteiger partial charge in [-0.05, 0) is 55.8 Å². The minimum Gasteiger partial charge on any atom is -0.357 e. The zero-order valence-corrected chi connectivity index (χ0v) is 13.4. The van der Waals surface area contributed by atoms with Crippen LogP contribution in [-0.4, -0.2) is 24.6 Å². The monoisotopic (exact) mass is 275 g/mol. The van der Waals surface area contributed by atoms with Crippen molar-refractivity contribution in [3.8, 4) is 0 Å². The van der Waals surface area contributed by atoms with Crippen LogP contribution in [0.4, 0.5) is 5.82 Å². The summed E-state index contributed by atoms with van der Waals surface area (Å²) in [4.78, 5) is 7.05. The third-order valence-electron chi connectivity index (χ3n) is 4.44. The van der Waals surface area contributed by atoms with E-state index in [4.69, 9.17) is 0 Å². The predicted octanol–water partition coefficient (Wildman–Crippen LogP) is 3.77. The Balaban J connectivity index is 2.10. The number of pyridine rings is 1. The van der Waals surface area contributed by atoms with Gasteiger partial charge < -0.3 is 10.2 Å². The van der Waals surface area contributed by atoms with Crippen molar-refractivity contribution < 1.29 is 0 Å². The maximum absolute atomic E-state index is 4.59. The van der Waals surface area contributed by atoms with E-state index < -0.39 is 0 Å². The molecule has 0 spiro atoms. The largest absolute Gasteiger partial charge is 0.357 e. The van der Waals surface area contributed by atoms with Gasteiger partial charge in [0, 0.05) is 25.3 Å². The molecule has 0 amide bonds. The van der Waals surface area contributed by atoms with Crippen molar-refractivity contribution in [1.82, 2.24) is 10.3 Å². The maximum Gasteiger partial charge on any atom is 0.128 e. The molecule has 0 bridgehead atoms. The van der Waals surface area contributed by atoms with E-state index in [1.807, 2.05) is 6.20 Å². The molecular formula is C17H29N3. The summed E-state index contributed by atoms with van der Waals surface area (Å²) < 4.78 is 0. The Morgan fingerprint density at radius 1 is 1.35 bits per heavy atom. The van der Waals surface area contributed by atoms with Crippen molar-refractivity contribution in [2.45, 2.75) is 53.0 Å². The molecule has 1 unspecified atom stereocenters. The molecule has 3 heteroatoms. The molecule has 1 fully saturated rings. The molecule has 3 nitrogen and oxygen atoms in total. The first-order chi connectivity index (χ1) is 9.52. The summed E-state index contributed by atoms with van der Waals surface area (Å²) in [5.41, 5.74) is 1.81. The number of nitrogens with one attached hydrogen (secondary N) is 1. The Hall–Kier alpha value is -1.09. The topological polar surface area (TPSA) is 28.2 Å². The summed E-state index contributed by atoms with van der Waals surface area (Å²) in [6, 6.07) is 4.77. The lowest BCUT2D eigenvalue weighted by atomic mass is 9.85. The van der Waals surface area contributed by atoms with Gasteiger partial charge in [0.1, 0.15) is 5.82 Å². The highest BCUT2D eigenvalue weighted by Crippen LogP contribution is 2.31. The zero-order chi connectivity index (χ0) is 14.6. The summed E-state index contributed by atoms with van der Waals surface area (Å²) in [7, 11) is 0. The second kappa shape index (κ2) is 6.57. The summed E-state index contributed by atoms with van der Waals surface area (Å²) in [6.07, 6.45) is 5.79. The Labute approximate surface area is 123 Å². The molecule has 0 aromatic carbocycles. The maximum atomic E-state index is 4.59. The van der Waals surface area contributed by atoms with E-state index in [1.54, 1.807) is 0 Å². The number of anilines is 1. The Bertz CT molecular complexity index is 428. The number of nitrogens with zero attached hydrogens (tertiary/aromatic N) is 2. The number of hydrogen-bond donors (Lipinski definition) is 1. The fourth-order valence-corrected chi connectivity index (χ4v) is 2.95. The van der Waals surface area contributed by atoms with E-state index in [0.29, 0.717) is 11.5 Å². The van der Waals surface area contributed by atoms with Gasteiger partial charge in [0.15, 0.2) is 0 Å². The van der Waals surface area contributed by atoms with Gasteiger partial charge in [0.2, 0.25) is 0 Å². The fraction of sp³-hybridized carbons (Fsp3) is 0.706. The van der Waals surface area contributed by atoms with Gasteiger partial charge in [-0.2, -0.15) is 0 Å². The molecular weight excluding hydrogens is 246 g/mol. The standard InChI is InChI=1S/C17H29N3/c1-5-18-14(2)15-7-10-19-16(13-15)20-11-6-8-17(3,4)9-12-20/h7,10,13-14,18H,5-6,8-9,11-12H2,1-4H3. The quantitative estimate of drug-likeness (QED) is 0.906. The van der Waals surface area contributed by atoms with Gasteiger partial charge in [0.25, 0.3) is 0 Å². The second-order valence-electron chi connectivity index (χ2n) is 6.73. The van der Waals surface area contributed by atoms with Crippen LogP contribution in [0.3, 0.4) is 0 Å². The van der Waals surface area contributed by atoms with Crippen LogP contribution < -0.4 is 10.2 Å².